The van der Waals surface area contributed by atoms with Gasteiger partial charge < -0.3 is 9.90 Å². The van der Waals surface area contributed by atoms with Gasteiger partial charge in [0.2, 0.25) is 0 Å². The van der Waals surface area contributed by atoms with Gasteiger partial charge >= 0.3 is 0 Å². The number of hydrogen-bond acceptors (Lipinski definition) is 4. The molecule has 1 heterocycles. The van der Waals surface area contributed by atoms with Gasteiger partial charge in [-0.1, -0.05) is 30.3 Å². The van der Waals surface area contributed by atoms with Crippen molar-refractivity contribution < 1.29 is 18.3 Å². The Labute approximate surface area is 135 Å². The van der Waals surface area contributed by atoms with Gasteiger partial charge in [-0.25, -0.2) is 8.42 Å². The predicted octanol–water partition coefficient (Wildman–Crippen LogP) is 1.58. The van der Waals surface area contributed by atoms with Crippen LogP contribution in [0, 0.1) is 0 Å². The van der Waals surface area contributed by atoms with Gasteiger partial charge in [-0.05, 0) is 49.1 Å². The summed E-state index contributed by atoms with van der Waals surface area (Å²) in [4.78, 5) is 10.9. The topological polar surface area (TPSA) is 77.5 Å². The molecule has 5 nitrogen and oxygen atoms in total. The molecular weight excluding hydrogens is 314 g/mol. The van der Waals surface area contributed by atoms with Gasteiger partial charge in [0.15, 0.2) is 0 Å². The van der Waals surface area contributed by atoms with Crippen molar-refractivity contribution in [2.45, 2.75) is 30.7 Å². The highest BCUT2D eigenvalue weighted by Crippen LogP contribution is 2.35. The van der Waals surface area contributed by atoms with Gasteiger partial charge in [-0.2, -0.15) is 0 Å². The largest absolute Gasteiger partial charge is 0.545 e. The summed E-state index contributed by atoms with van der Waals surface area (Å²) in [5, 5.41) is 10.8. The van der Waals surface area contributed by atoms with E-state index in [-0.39, 0.29) is 16.5 Å². The minimum atomic E-state index is -3.75. The quantitative estimate of drug-likeness (QED) is 0.856. The number of carboxylic acids is 1. The standard InChI is InChI=1S/C17H17NO4S/c1-12-6-7-13-4-2-3-5-16(13)18(12)23(21,22)15-10-8-14(9-11-15)17(19)20/h2-5,8-12H,6-7H2,1H3,(H,19,20)/p-1/t12-/m0/s1. The second-order valence-corrected chi connectivity index (χ2v) is 7.44. The zero-order valence-electron chi connectivity index (χ0n) is 12.6. The maximum absolute atomic E-state index is 13.0. The first-order chi connectivity index (χ1) is 10.9. The summed E-state index contributed by atoms with van der Waals surface area (Å²) in [6.07, 6.45) is 1.58. The molecule has 0 aromatic heterocycles. The fraction of sp³-hybridized carbons (Fsp3) is 0.235. The van der Waals surface area contributed by atoms with Gasteiger partial charge in [0.05, 0.1) is 16.6 Å². The number of aromatic carboxylic acids is 1. The van der Waals surface area contributed by atoms with Crippen LogP contribution in [-0.4, -0.2) is 20.4 Å². The van der Waals surface area contributed by atoms with Crippen molar-refractivity contribution in [1.82, 2.24) is 0 Å². The van der Waals surface area contributed by atoms with Crippen LogP contribution in [0.25, 0.3) is 0 Å². The molecule has 0 amide bonds. The number of rotatable bonds is 3. The molecule has 0 saturated carbocycles. The fourth-order valence-corrected chi connectivity index (χ4v) is 4.62. The number of benzene rings is 2. The molecule has 1 atom stereocenters. The van der Waals surface area contributed by atoms with Crippen LogP contribution in [0.1, 0.15) is 29.3 Å². The molecule has 0 aliphatic carbocycles. The minimum Gasteiger partial charge on any atom is -0.545 e. The number of nitrogens with zero attached hydrogens (tertiary/aromatic N) is 1. The third kappa shape index (κ3) is 2.70. The molecule has 0 bridgehead atoms. The zero-order chi connectivity index (χ0) is 16.6. The Kier molecular flexibility index (Phi) is 3.85. The number of carbonyl (C=O) groups excluding carboxylic acids is 1. The van der Waals surface area contributed by atoms with Crippen LogP contribution in [-0.2, 0) is 16.4 Å². The lowest BCUT2D eigenvalue weighted by molar-refractivity contribution is -0.255. The summed E-state index contributed by atoms with van der Waals surface area (Å²) in [5.74, 6) is -1.33. The molecular formula is C17H16NO4S-. The minimum absolute atomic E-state index is 0.0453. The molecule has 0 saturated heterocycles. The third-order valence-electron chi connectivity index (χ3n) is 4.11. The molecule has 120 valence electrons. The summed E-state index contributed by atoms with van der Waals surface area (Å²) in [5.41, 5.74) is 1.65. The number of anilines is 1. The van der Waals surface area contributed by atoms with Crippen LogP contribution >= 0.6 is 0 Å². The molecule has 0 fully saturated rings. The maximum Gasteiger partial charge on any atom is 0.264 e. The number of para-hydroxylation sites is 1. The van der Waals surface area contributed by atoms with Gasteiger partial charge in [-0.3, -0.25) is 4.31 Å². The number of fused-ring (bicyclic) bond motifs is 1. The van der Waals surface area contributed by atoms with Crippen molar-refractivity contribution in [2.24, 2.45) is 0 Å². The first kappa shape index (κ1) is 15.6. The third-order valence-corrected chi connectivity index (χ3v) is 6.05. The van der Waals surface area contributed by atoms with Crippen LogP contribution in [0.4, 0.5) is 5.69 Å². The average Bonchev–Trinajstić information content (AvgIpc) is 2.54. The highest BCUT2D eigenvalue weighted by Gasteiger charge is 2.33. The number of aryl methyl sites for hydroxylation is 1. The number of carbonyl (C=O) groups is 1. The lowest BCUT2D eigenvalue weighted by atomic mass is 9.99. The molecule has 0 spiro atoms. The van der Waals surface area contributed by atoms with Gasteiger partial charge in [-0.15, -0.1) is 0 Å². The van der Waals surface area contributed by atoms with E-state index in [1.165, 1.54) is 28.6 Å². The molecule has 3 rings (SSSR count). The number of hydrogen-bond donors (Lipinski definition) is 0. The second kappa shape index (κ2) is 5.70. The highest BCUT2D eigenvalue weighted by molar-refractivity contribution is 7.92. The first-order valence-electron chi connectivity index (χ1n) is 7.35. The lowest BCUT2D eigenvalue weighted by Crippen LogP contribution is -2.42. The molecule has 23 heavy (non-hydrogen) atoms. The summed E-state index contributed by atoms with van der Waals surface area (Å²) < 4.78 is 27.4. The normalized spacial score (nSPS) is 17.6. The number of sulfonamides is 1. The molecule has 6 heteroatoms. The van der Waals surface area contributed by atoms with E-state index in [1.54, 1.807) is 6.07 Å². The van der Waals surface area contributed by atoms with Crippen LogP contribution in [0.2, 0.25) is 0 Å². The van der Waals surface area contributed by atoms with Crippen LogP contribution in [0.5, 0.6) is 0 Å². The Hall–Kier alpha value is -2.34. The van der Waals surface area contributed by atoms with Crippen molar-refractivity contribution in [3.8, 4) is 0 Å². The molecule has 0 radical (unpaired) electrons. The molecule has 1 aliphatic rings. The zero-order valence-corrected chi connectivity index (χ0v) is 13.4. The van der Waals surface area contributed by atoms with Crippen molar-refractivity contribution in [3.63, 3.8) is 0 Å². The summed E-state index contributed by atoms with van der Waals surface area (Å²) in [6, 6.07) is 12.4. The van der Waals surface area contributed by atoms with Gasteiger partial charge in [0.25, 0.3) is 10.0 Å². The van der Waals surface area contributed by atoms with Crippen LogP contribution < -0.4 is 9.41 Å². The SMILES string of the molecule is C[C@H]1CCc2ccccc2N1S(=O)(=O)c1ccc(C(=O)[O-])cc1. The second-order valence-electron chi connectivity index (χ2n) is 5.63. The van der Waals surface area contributed by atoms with E-state index in [1.807, 2.05) is 25.1 Å². The van der Waals surface area contributed by atoms with E-state index >= 15 is 0 Å². The van der Waals surface area contributed by atoms with Crippen molar-refractivity contribution in [1.29, 1.82) is 0 Å². The Morgan fingerprint density at radius 1 is 1.13 bits per heavy atom. The van der Waals surface area contributed by atoms with Crippen LogP contribution in [0.15, 0.2) is 53.4 Å². The van der Waals surface area contributed by atoms with Crippen LogP contribution in [0.3, 0.4) is 0 Å². The smallest absolute Gasteiger partial charge is 0.264 e. The van der Waals surface area contributed by atoms with E-state index in [0.29, 0.717) is 5.69 Å². The Morgan fingerprint density at radius 3 is 2.43 bits per heavy atom. The van der Waals surface area contributed by atoms with E-state index in [0.717, 1.165) is 18.4 Å². The van der Waals surface area contributed by atoms with E-state index in [2.05, 4.69) is 0 Å². The Bertz CT molecular complexity index is 843. The van der Waals surface area contributed by atoms with E-state index in [4.69, 9.17) is 0 Å². The average molecular weight is 330 g/mol. The van der Waals surface area contributed by atoms with Gasteiger partial charge in [0.1, 0.15) is 0 Å². The summed E-state index contributed by atoms with van der Waals surface area (Å²) >= 11 is 0. The summed E-state index contributed by atoms with van der Waals surface area (Å²) in [7, 11) is -3.75. The number of carboxylic acid groups (broad SMARTS) is 1. The Morgan fingerprint density at radius 2 is 1.78 bits per heavy atom. The first-order valence-corrected chi connectivity index (χ1v) is 8.79. The van der Waals surface area contributed by atoms with Crippen molar-refractivity contribution >= 4 is 21.7 Å². The molecule has 1 aliphatic heterocycles. The monoisotopic (exact) mass is 330 g/mol. The molecule has 0 unspecified atom stereocenters. The van der Waals surface area contributed by atoms with E-state index < -0.39 is 16.0 Å². The van der Waals surface area contributed by atoms with Gasteiger partial charge in [0, 0.05) is 6.04 Å². The Balaban J connectivity index is 2.07. The highest BCUT2D eigenvalue weighted by atomic mass is 32.2. The molecule has 0 N–H and O–H groups in total. The maximum atomic E-state index is 13.0. The van der Waals surface area contributed by atoms with E-state index in [9.17, 15) is 18.3 Å². The predicted molar refractivity (Wildman–Crippen MR) is 84.7 cm³/mol. The molecule has 2 aromatic carbocycles. The lowest BCUT2D eigenvalue weighted by Gasteiger charge is -2.36. The molecule has 2 aromatic rings. The summed E-state index contributed by atoms with van der Waals surface area (Å²) in [6.45, 7) is 1.88. The van der Waals surface area contributed by atoms with Crippen molar-refractivity contribution in [3.05, 3.63) is 59.7 Å². The van der Waals surface area contributed by atoms with Crippen molar-refractivity contribution in [2.75, 3.05) is 4.31 Å². The fourth-order valence-electron chi connectivity index (χ4n) is 2.90.